The molecule has 0 fully saturated rings. The van der Waals surface area contributed by atoms with Crippen molar-refractivity contribution in [2.45, 2.75) is 12.3 Å². The molecule has 0 saturated heterocycles. The second-order valence-electron chi connectivity index (χ2n) is 6.35. The van der Waals surface area contributed by atoms with Crippen LogP contribution < -0.4 is 15.3 Å². The van der Waals surface area contributed by atoms with Crippen molar-refractivity contribution >= 4 is 22.6 Å². The number of carbonyl (C=O) groups is 1. The molecule has 0 spiro atoms. The van der Waals surface area contributed by atoms with Gasteiger partial charge in [0.05, 0.1) is 17.4 Å². The second-order valence-corrected chi connectivity index (χ2v) is 6.35. The van der Waals surface area contributed by atoms with Crippen LogP contribution in [0.5, 0.6) is 5.75 Å². The maximum atomic E-state index is 12.6. The SMILES string of the molecule is CN(C)c1ccc(C2CC(=O)Oc3c2c(=O)oc2ccccc32)cc1. The summed E-state index contributed by atoms with van der Waals surface area (Å²) in [6, 6.07) is 14.9. The number of fused-ring (bicyclic) bond motifs is 3. The van der Waals surface area contributed by atoms with Crippen molar-refractivity contribution in [1.29, 1.82) is 0 Å². The Labute approximate surface area is 144 Å². The summed E-state index contributed by atoms with van der Waals surface area (Å²) < 4.78 is 10.9. The fraction of sp³-hybridized carbons (Fsp3) is 0.200. The zero-order valence-electron chi connectivity index (χ0n) is 14.0. The van der Waals surface area contributed by atoms with E-state index in [0.29, 0.717) is 22.3 Å². The van der Waals surface area contributed by atoms with Crippen molar-refractivity contribution in [3.8, 4) is 5.75 Å². The molecule has 0 saturated carbocycles. The third-order valence-corrected chi connectivity index (χ3v) is 4.55. The Morgan fingerprint density at radius 1 is 1.00 bits per heavy atom. The summed E-state index contributed by atoms with van der Waals surface area (Å²) in [5.41, 5.74) is 2.32. The number of hydrogen-bond acceptors (Lipinski definition) is 5. The van der Waals surface area contributed by atoms with Gasteiger partial charge in [-0.2, -0.15) is 0 Å². The third kappa shape index (κ3) is 2.58. The van der Waals surface area contributed by atoms with E-state index >= 15 is 0 Å². The van der Waals surface area contributed by atoms with E-state index in [1.54, 1.807) is 18.2 Å². The number of anilines is 1. The number of para-hydroxylation sites is 1. The molecule has 3 aromatic rings. The maximum absolute atomic E-state index is 12.6. The largest absolute Gasteiger partial charge is 0.425 e. The van der Waals surface area contributed by atoms with E-state index in [0.717, 1.165) is 11.3 Å². The first-order valence-electron chi connectivity index (χ1n) is 8.08. The number of rotatable bonds is 2. The number of ether oxygens (including phenoxy) is 1. The van der Waals surface area contributed by atoms with Crippen LogP contribution >= 0.6 is 0 Å². The molecule has 0 radical (unpaired) electrons. The highest BCUT2D eigenvalue weighted by molar-refractivity contribution is 5.90. The predicted molar refractivity (Wildman–Crippen MR) is 95.3 cm³/mol. The summed E-state index contributed by atoms with van der Waals surface area (Å²) in [7, 11) is 3.92. The van der Waals surface area contributed by atoms with Crippen LogP contribution in [-0.2, 0) is 4.79 Å². The van der Waals surface area contributed by atoms with Gasteiger partial charge in [0, 0.05) is 25.7 Å². The van der Waals surface area contributed by atoms with Crippen molar-refractivity contribution in [2.24, 2.45) is 0 Å². The molecule has 0 aliphatic carbocycles. The standard InChI is InChI=1S/C20H17NO4/c1-21(2)13-9-7-12(8-10-13)15-11-17(22)25-19-14-5-3-4-6-16(14)24-20(23)18(15)19/h3-10,15H,11H2,1-2H3. The molecular formula is C20H17NO4. The Hall–Kier alpha value is -3.08. The van der Waals surface area contributed by atoms with Gasteiger partial charge in [-0.25, -0.2) is 4.79 Å². The van der Waals surface area contributed by atoms with Crippen LogP contribution in [-0.4, -0.2) is 20.1 Å². The first-order valence-corrected chi connectivity index (χ1v) is 8.08. The molecule has 25 heavy (non-hydrogen) atoms. The lowest BCUT2D eigenvalue weighted by Gasteiger charge is -2.24. The fourth-order valence-corrected chi connectivity index (χ4v) is 3.26. The first-order chi connectivity index (χ1) is 12.0. The monoisotopic (exact) mass is 335 g/mol. The van der Waals surface area contributed by atoms with Crippen LogP contribution in [0.1, 0.15) is 23.5 Å². The quantitative estimate of drug-likeness (QED) is 0.531. The van der Waals surface area contributed by atoms with E-state index in [2.05, 4.69) is 0 Å². The number of benzene rings is 2. The second kappa shape index (κ2) is 5.77. The van der Waals surface area contributed by atoms with Crippen LogP contribution in [0.2, 0.25) is 0 Å². The first kappa shape index (κ1) is 15.4. The van der Waals surface area contributed by atoms with E-state index in [1.165, 1.54) is 0 Å². The Morgan fingerprint density at radius 3 is 2.44 bits per heavy atom. The van der Waals surface area contributed by atoms with Crippen LogP contribution in [0.15, 0.2) is 57.7 Å². The molecule has 1 atom stereocenters. The number of nitrogens with zero attached hydrogens (tertiary/aromatic N) is 1. The summed E-state index contributed by atoms with van der Waals surface area (Å²) in [6.07, 6.45) is 0.122. The zero-order chi connectivity index (χ0) is 17.6. The summed E-state index contributed by atoms with van der Waals surface area (Å²) in [4.78, 5) is 26.7. The zero-order valence-corrected chi connectivity index (χ0v) is 14.0. The van der Waals surface area contributed by atoms with Gasteiger partial charge in [0.25, 0.3) is 0 Å². The molecule has 2 aromatic carbocycles. The lowest BCUT2D eigenvalue weighted by molar-refractivity contribution is -0.135. The Balaban J connectivity index is 1.91. The third-order valence-electron chi connectivity index (χ3n) is 4.55. The lowest BCUT2D eigenvalue weighted by atomic mass is 9.86. The smallest absolute Gasteiger partial charge is 0.343 e. The average Bonchev–Trinajstić information content (AvgIpc) is 2.61. The molecule has 0 N–H and O–H groups in total. The number of carbonyl (C=O) groups excluding carboxylic acids is 1. The van der Waals surface area contributed by atoms with E-state index in [1.807, 2.05) is 49.3 Å². The number of esters is 1. The highest BCUT2D eigenvalue weighted by Crippen LogP contribution is 2.40. The van der Waals surface area contributed by atoms with Gasteiger partial charge in [0.1, 0.15) is 5.58 Å². The van der Waals surface area contributed by atoms with Crippen LogP contribution in [0, 0.1) is 0 Å². The highest BCUT2D eigenvalue weighted by Gasteiger charge is 2.33. The van der Waals surface area contributed by atoms with E-state index < -0.39 is 5.63 Å². The molecular weight excluding hydrogens is 318 g/mol. The molecule has 0 bridgehead atoms. The molecule has 2 heterocycles. The van der Waals surface area contributed by atoms with Gasteiger partial charge in [-0.1, -0.05) is 24.3 Å². The van der Waals surface area contributed by atoms with Crippen molar-refractivity contribution in [1.82, 2.24) is 0 Å². The molecule has 5 nitrogen and oxygen atoms in total. The minimum atomic E-state index is -0.456. The van der Waals surface area contributed by atoms with Gasteiger partial charge in [-0.15, -0.1) is 0 Å². The molecule has 5 heteroatoms. The van der Waals surface area contributed by atoms with Crippen molar-refractivity contribution in [3.05, 3.63) is 70.1 Å². The van der Waals surface area contributed by atoms with Crippen LogP contribution in [0.25, 0.3) is 11.0 Å². The highest BCUT2D eigenvalue weighted by atomic mass is 16.5. The normalized spacial score (nSPS) is 16.4. The van der Waals surface area contributed by atoms with Crippen LogP contribution in [0.4, 0.5) is 5.69 Å². The minimum absolute atomic E-state index is 0.122. The van der Waals surface area contributed by atoms with Gasteiger partial charge in [0.2, 0.25) is 0 Å². The predicted octanol–water partition coefficient (Wildman–Crippen LogP) is 3.30. The fourth-order valence-electron chi connectivity index (χ4n) is 3.26. The number of hydrogen-bond donors (Lipinski definition) is 0. The Bertz CT molecular complexity index is 1020. The topological polar surface area (TPSA) is 59.8 Å². The summed E-state index contributed by atoms with van der Waals surface area (Å²) in [5.74, 6) is -0.386. The minimum Gasteiger partial charge on any atom is -0.425 e. The molecule has 1 aromatic heterocycles. The van der Waals surface area contributed by atoms with Gasteiger partial charge in [-0.05, 0) is 29.8 Å². The molecule has 4 rings (SSSR count). The van der Waals surface area contributed by atoms with Gasteiger partial charge >= 0.3 is 11.6 Å². The molecule has 126 valence electrons. The van der Waals surface area contributed by atoms with Crippen LogP contribution in [0.3, 0.4) is 0 Å². The average molecular weight is 335 g/mol. The van der Waals surface area contributed by atoms with E-state index in [9.17, 15) is 9.59 Å². The maximum Gasteiger partial charge on any atom is 0.343 e. The molecule has 1 aliphatic heterocycles. The summed E-state index contributed by atoms with van der Waals surface area (Å²) >= 11 is 0. The summed E-state index contributed by atoms with van der Waals surface area (Å²) in [6.45, 7) is 0. The van der Waals surface area contributed by atoms with Gasteiger partial charge < -0.3 is 14.1 Å². The van der Waals surface area contributed by atoms with E-state index in [4.69, 9.17) is 9.15 Å². The van der Waals surface area contributed by atoms with Crippen molar-refractivity contribution in [3.63, 3.8) is 0 Å². The molecule has 1 unspecified atom stereocenters. The summed E-state index contributed by atoms with van der Waals surface area (Å²) in [5, 5.41) is 0.639. The lowest BCUT2D eigenvalue weighted by Crippen LogP contribution is -2.26. The van der Waals surface area contributed by atoms with Crippen molar-refractivity contribution in [2.75, 3.05) is 19.0 Å². The molecule has 0 amide bonds. The van der Waals surface area contributed by atoms with Gasteiger partial charge in [-0.3, -0.25) is 4.79 Å². The molecule has 1 aliphatic rings. The van der Waals surface area contributed by atoms with Gasteiger partial charge in [0.15, 0.2) is 5.75 Å². The van der Waals surface area contributed by atoms with E-state index in [-0.39, 0.29) is 18.3 Å². The Kier molecular flexibility index (Phi) is 3.57. The van der Waals surface area contributed by atoms with Crippen molar-refractivity contribution < 1.29 is 13.9 Å². The Morgan fingerprint density at radius 2 is 1.72 bits per heavy atom.